The SMILES string of the molecule is Cn1cc2c3cc(C(=O)NCCOCCOCCCC(=O)OC(C)(C)C)ccc3n(-c3ccc(C(F)(F)F)cc3)c2n1. The van der Waals surface area contributed by atoms with Crippen LogP contribution in [0.4, 0.5) is 13.2 Å². The number of carbonyl (C=O) groups excluding carboxylic acids is 2. The Morgan fingerprint density at radius 3 is 2.29 bits per heavy atom. The quantitative estimate of drug-likeness (QED) is 0.175. The Morgan fingerprint density at radius 1 is 0.929 bits per heavy atom. The summed E-state index contributed by atoms with van der Waals surface area (Å²) in [6, 6.07) is 10.1. The van der Waals surface area contributed by atoms with Crippen molar-refractivity contribution < 1.29 is 37.0 Å². The summed E-state index contributed by atoms with van der Waals surface area (Å²) in [7, 11) is 1.76. The smallest absolute Gasteiger partial charge is 0.416 e. The first-order chi connectivity index (χ1) is 19.8. The number of amides is 1. The minimum Gasteiger partial charge on any atom is -0.460 e. The van der Waals surface area contributed by atoms with Crippen molar-refractivity contribution in [3.63, 3.8) is 0 Å². The van der Waals surface area contributed by atoms with Crippen LogP contribution in [0.2, 0.25) is 0 Å². The summed E-state index contributed by atoms with van der Waals surface area (Å²) >= 11 is 0. The monoisotopic (exact) mass is 588 g/mol. The van der Waals surface area contributed by atoms with E-state index in [0.29, 0.717) is 62.7 Å². The highest BCUT2D eigenvalue weighted by molar-refractivity contribution is 6.10. The molecule has 2 heterocycles. The summed E-state index contributed by atoms with van der Waals surface area (Å²) in [6.45, 7) is 7.22. The first-order valence-electron chi connectivity index (χ1n) is 13.6. The zero-order valence-electron chi connectivity index (χ0n) is 24.1. The zero-order valence-corrected chi connectivity index (χ0v) is 24.1. The average Bonchev–Trinajstić information content (AvgIpc) is 3.42. The molecule has 0 aliphatic carbocycles. The molecular formula is C30H35F3N4O5. The van der Waals surface area contributed by atoms with Crippen molar-refractivity contribution in [2.75, 3.05) is 33.0 Å². The van der Waals surface area contributed by atoms with Crippen molar-refractivity contribution in [3.05, 3.63) is 59.8 Å². The van der Waals surface area contributed by atoms with Crippen LogP contribution in [-0.4, -0.2) is 64.8 Å². The molecule has 0 unspecified atom stereocenters. The summed E-state index contributed by atoms with van der Waals surface area (Å²) in [5.41, 5.74) is 1.04. The van der Waals surface area contributed by atoms with E-state index in [1.54, 1.807) is 34.5 Å². The molecule has 2 aromatic carbocycles. The van der Waals surface area contributed by atoms with Crippen molar-refractivity contribution in [1.29, 1.82) is 0 Å². The fourth-order valence-corrected chi connectivity index (χ4v) is 4.47. The Bertz CT molecular complexity index is 1540. The third-order valence-electron chi connectivity index (χ3n) is 6.26. The molecule has 4 aromatic rings. The van der Waals surface area contributed by atoms with Gasteiger partial charge in [0.15, 0.2) is 5.65 Å². The van der Waals surface area contributed by atoms with E-state index in [1.807, 2.05) is 27.0 Å². The van der Waals surface area contributed by atoms with Crippen LogP contribution in [0, 0.1) is 0 Å². The summed E-state index contributed by atoms with van der Waals surface area (Å²) in [5, 5.41) is 8.86. The maximum atomic E-state index is 13.1. The van der Waals surface area contributed by atoms with Crippen LogP contribution in [0.25, 0.3) is 27.6 Å². The van der Waals surface area contributed by atoms with Crippen molar-refractivity contribution in [1.82, 2.24) is 19.7 Å². The number of hydrogen-bond donors (Lipinski definition) is 1. The summed E-state index contributed by atoms with van der Waals surface area (Å²) < 4.78 is 58.8. The Kier molecular flexibility index (Phi) is 9.57. The van der Waals surface area contributed by atoms with Gasteiger partial charge in [0.2, 0.25) is 0 Å². The number of nitrogens with one attached hydrogen (secondary N) is 1. The lowest BCUT2D eigenvalue weighted by molar-refractivity contribution is -0.155. The summed E-state index contributed by atoms with van der Waals surface area (Å²) in [5.74, 6) is -0.531. The van der Waals surface area contributed by atoms with Gasteiger partial charge in [0.05, 0.1) is 30.9 Å². The highest BCUT2D eigenvalue weighted by Crippen LogP contribution is 2.34. The van der Waals surface area contributed by atoms with Gasteiger partial charge in [-0.05, 0) is 69.7 Å². The number of nitrogens with zero attached hydrogens (tertiary/aromatic N) is 3. The number of hydrogen-bond acceptors (Lipinski definition) is 6. The lowest BCUT2D eigenvalue weighted by Crippen LogP contribution is -2.27. The molecule has 0 aliphatic heterocycles. The van der Waals surface area contributed by atoms with E-state index >= 15 is 0 Å². The van der Waals surface area contributed by atoms with Crippen LogP contribution in [-0.2, 0) is 32.2 Å². The molecule has 0 fully saturated rings. The number of carbonyl (C=O) groups is 2. The fourth-order valence-electron chi connectivity index (χ4n) is 4.47. The van der Waals surface area contributed by atoms with Gasteiger partial charge in [0.25, 0.3) is 5.91 Å². The average molecular weight is 589 g/mol. The lowest BCUT2D eigenvalue weighted by Gasteiger charge is -2.19. The third kappa shape index (κ3) is 7.89. The molecule has 9 nitrogen and oxygen atoms in total. The van der Waals surface area contributed by atoms with Crippen LogP contribution < -0.4 is 5.32 Å². The van der Waals surface area contributed by atoms with E-state index in [-0.39, 0.29) is 11.9 Å². The lowest BCUT2D eigenvalue weighted by atomic mass is 10.1. The first-order valence-corrected chi connectivity index (χ1v) is 13.6. The fraction of sp³-hybridized carbons (Fsp3) is 0.433. The topological polar surface area (TPSA) is 96.6 Å². The molecule has 1 amide bonds. The van der Waals surface area contributed by atoms with E-state index in [1.165, 1.54) is 12.1 Å². The normalized spacial score (nSPS) is 12.3. The molecule has 0 bridgehead atoms. The number of aromatic nitrogens is 3. The van der Waals surface area contributed by atoms with Crippen LogP contribution >= 0.6 is 0 Å². The van der Waals surface area contributed by atoms with Crippen LogP contribution in [0.5, 0.6) is 0 Å². The zero-order chi connectivity index (χ0) is 30.5. The van der Waals surface area contributed by atoms with Crippen molar-refractivity contribution in [2.24, 2.45) is 7.05 Å². The molecule has 0 aliphatic rings. The molecule has 4 rings (SSSR count). The minimum atomic E-state index is -4.43. The second-order valence-electron chi connectivity index (χ2n) is 10.8. The second kappa shape index (κ2) is 13.0. The predicted octanol–water partition coefficient (Wildman–Crippen LogP) is 5.42. The number of aryl methyl sites for hydroxylation is 1. The second-order valence-corrected chi connectivity index (χ2v) is 10.8. The van der Waals surface area contributed by atoms with Gasteiger partial charge in [-0.15, -0.1) is 0 Å². The Morgan fingerprint density at radius 2 is 1.62 bits per heavy atom. The van der Waals surface area contributed by atoms with E-state index in [9.17, 15) is 22.8 Å². The predicted molar refractivity (Wildman–Crippen MR) is 152 cm³/mol. The Labute approximate surface area is 241 Å². The number of fused-ring (bicyclic) bond motifs is 3. The van der Waals surface area contributed by atoms with Crippen molar-refractivity contribution in [2.45, 2.75) is 45.4 Å². The number of ether oxygens (including phenoxy) is 3. The molecule has 0 radical (unpaired) electrons. The summed E-state index contributed by atoms with van der Waals surface area (Å²) in [6.07, 6.45) is -1.76. The van der Waals surface area contributed by atoms with Crippen molar-refractivity contribution in [3.8, 4) is 5.69 Å². The number of esters is 1. The van der Waals surface area contributed by atoms with Gasteiger partial charge in [0.1, 0.15) is 5.60 Å². The molecule has 2 aromatic heterocycles. The molecule has 0 atom stereocenters. The molecule has 0 saturated carbocycles. The standard InChI is InChI=1S/C30H35F3N4O5/c1-29(2,3)42-26(38)6-5-14-40-16-17-41-15-13-34-28(39)20-7-12-25-23(18-20)24-19-36(4)35-27(24)37(25)22-10-8-21(9-11-22)30(31,32)33/h7-12,18-19H,5-6,13-17H2,1-4H3,(H,34,39). The number of halogens is 3. The number of benzene rings is 2. The van der Waals surface area contributed by atoms with E-state index < -0.39 is 17.3 Å². The van der Waals surface area contributed by atoms with Gasteiger partial charge in [0, 0.05) is 54.8 Å². The van der Waals surface area contributed by atoms with Gasteiger partial charge in [-0.25, -0.2) is 0 Å². The molecule has 42 heavy (non-hydrogen) atoms. The van der Waals surface area contributed by atoms with Gasteiger partial charge in [-0.2, -0.15) is 18.3 Å². The highest BCUT2D eigenvalue weighted by atomic mass is 19.4. The maximum Gasteiger partial charge on any atom is 0.416 e. The molecular weight excluding hydrogens is 553 g/mol. The van der Waals surface area contributed by atoms with Crippen LogP contribution in [0.15, 0.2) is 48.7 Å². The molecule has 1 N–H and O–H groups in total. The van der Waals surface area contributed by atoms with Gasteiger partial charge in [-0.1, -0.05) is 0 Å². The number of alkyl halides is 3. The molecule has 226 valence electrons. The summed E-state index contributed by atoms with van der Waals surface area (Å²) in [4.78, 5) is 24.5. The van der Waals surface area contributed by atoms with Gasteiger partial charge in [-0.3, -0.25) is 18.8 Å². The third-order valence-corrected chi connectivity index (χ3v) is 6.26. The molecule has 0 spiro atoms. The van der Waals surface area contributed by atoms with Crippen LogP contribution in [0.3, 0.4) is 0 Å². The molecule has 0 saturated heterocycles. The molecule has 12 heteroatoms. The Hall–Kier alpha value is -3.90. The Balaban J connectivity index is 1.28. The van der Waals surface area contributed by atoms with Crippen molar-refractivity contribution >= 4 is 33.8 Å². The maximum absolute atomic E-state index is 13.1. The largest absolute Gasteiger partial charge is 0.460 e. The number of rotatable bonds is 12. The van der Waals surface area contributed by atoms with E-state index in [2.05, 4.69) is 10.4 Å². The van der Waals surface area contributed by atoms with E-state index in [4.69, 9.17) is 14.2 Å². The van der Waals surface area contributed by atoms with E-state index in [0.717, 1.165) is 28.4 Å². The highest BCUT2D eigenvalue weighted by Gasteiger charge is 2.30. The van der Waals surface area contributed by atoms with Crippen LogP contribution in [0.1, 0.15) is 49.5 Å². The minimum absolute atomic E-state index is 0.251. The van der Waals surface area contributed by atoms with Gasteiger partial charge >= 0.3 is 12.1 Å². The first kappa shape index (κ1) is 31.0. The van der Waals surface area contributed by atoms with Gasteiger partial charge < -0.3 is 19.5 Å².